The van der Waals surface area contributed by atoms with Crippen molar-refractivity contribution < 1.29 is 0 Å². The summed E-state index contributed by atoms with van der Waals surface area (Å²) in [7, 11) is 0. The normalized spacial score (nSPS) is 19.2. The first kappa shape index (κ1) is 22.6. The third kappa shape index (κ3) is 8.93. The fourth-order valence-electron chi connectivity index (χ4n) is 4.61. The predicted octanol–water partition coefficient (Wildman–Crippen LogP) is 5.88. The number of hydrogen-bond donors (Lipinski definition) is 2. The summed E-state index contributed by atoms with van der Waals surface area (Å²) in [6, 6.07) is 0. The van der Waals surface area contributed by atoms with Gasteiger partial charge in [-0.2, -0.15) is 15.0 Å². The average Bonchev–Trinajstić information content (AvgIpc) is 2.49. The van der Waals surface area contributed by atoms with Crippen LogP contribution in [0.25, 0.3) is 0 Å². The molecule has 154 valence electrons. The summed E-state index contributed by atoms with van der Waals surface area (Å²) in [4.78, 5) is 11.7. The topological polar surface area (TPSA) is 62.7 Å². The second-order valence-corrected chi connectivity index (χ2v) is 9.88. The fraction of sp³-hybridized carbons (Fsp3) is 0.850. The minimum atomic E-state index is 0.123. The van der Waals surface area contributed by atoms with E-state index in [1.165, 1.54) is 51.4 Å². The molecular weight excluding hydrogens is 381 g/mol. The number of unbranched alkanes of at least 4 members (excludes halogenated alkanes) is 5. The molecule has 27 heavy (non-hydrogen) atoms. The van der Waals surface area contributed by atoms with E-state index in [1.807, 2.05) is 0 Å². The van der Waals surface area contributed by atoms with E-state index in [9.17, 15) is 0 Å². The molecule has 1 fully saturated rings. The van der Waals surface area contributed by atoms with Gasteiger partial charge in [-0.1, -0.05) is 38.5 Å². The van der Waals surface area contributed by atoms with Gasteiger partial charge in [0.15, 0.2) is 0 Å². The summed E-state index contributed by atoms with van der Waals surface area (Å²) in [5.41, 5.74) is 0.540. The Bertz CT molecular complexity index is 555. The number of anilines is 1. The lowest BCUT2D eigenvalue weighted by atomic mass is 9.74. The SMILES string of the molecule is CC1(C)CC(CCCCCCCCNc2nc(Cl)nc(Cl)n2)CC(C)(C)N1. The van der Waals surface area contributed by atoms with Gasteiger partial charge in [-0.15, -0.1) is 0 Å². The summed E-state index contributed by atoms with van der Waals surface area (Å²) in [5.74, 6) is 1.31. The highest BCUT2D eigenvalue weighted by atomic mass is 35.5. The Morgan fingerprint density at radius 1 is 0.852 bits per heavy atom. The first-order valence-electron chi connectivity index (χ1n) is 10.3. The zero-order chi connectivity index (χ0) is 19.9. The molecule has 1 aromatic rings. The highest BCUT2D eigenvalue weighted by Gasteiger charge is 2.36. The fourth-order valence-corrected chi connectivity index (χ4v) is 4.97. The van der Waals surface area contributed by atoms with Crippen molar-refractivity contribution in [2.45, 2.75) is 96.6 Å². The third-order valence-electron chi connectivity index (χ3n) is 5.18. The maximum Gasteiger partial charge on any atom is 0.228 e. The Morgan fingerprint density at radius 3 is 1.96 bits per heavy atom. The molecule has 0 atom stereocenters. The molecule has 0 amide bonds. The van der Waals surface area contributed by atoms with Gasteiger partial charge in [0, 0.05) is 17.6 Å². The van der Waals surface area contributed by atoms with Gasteiger partial charge in [-0.3, -0.25) is 0 Å². The van der Waals surface area contributed by atoms with Crippen LogP contribution in [0.15, 0.2) is 0 Å². The quantitative estimate of drug-likeness (QED) is 0.467. The van der Waals surface area contributed by atoms with Crippen molar-refractivity contribution in [2.24, 2.45) is 5.92 Å². The van der Waals surface area contributed by atoms with Crippen molar-refractivity contribution >= 4 is 29.2 Å². The maximum atomic E-state index is 5.76. The highest BCUT2D eigenvalue weighted by molar-refractivity contribution is 6.31. The summed E-state index contributed by atoms with van der Waals surface area (Å²) >= 11 is 11.5. The van der Waals surface area contributed by atoms with E-state index in [0.717, 1.165) is 18.9 Å². The Hall–Kier alpha value is -0.650. The Labute approximate surface area is 174 Å². The van der Waals surface area contributed by atoms with Crippen LogP contribution in [0, 0.1) is 5.92 Å². The van der Waals surface area contributed by atoms with Crippen LogP contribution >= 0.6 is 23.2 Å². The number of hydrogen-bond acceptors (Lipinski definition) is 5. The molecule has 0 aromatic carbocycles. The number of rotatable bonds is 10. The minimum absolute atomic E-state index is 0.123. The zero-order valence-electron chi connectivity index (χ0n) is 17.2. The van der Waals surface area contributed by atoms with Crippen molar-refractivity contribution in [3.8, 4) is 0 Å². The van der Waals surface area contributed by atoms with Crippen LogP contribution in [0.5, 0.6) is 0 Å². The Morgan fingerprint density at radius 2 is 1.37 bits per heavy atom. The van der Waals surface area contributed by atoms with E-state index in [1.54, 1.807) is 0 Å². The molecular formula is C20H35Cl2N5. The van der Waals surface area contributed by atoms with Crippen molar-refractivity contribution in [1.29, 1.82) is 0 Å². The molecule has 1 aliphatic rings. The average molecular weight is 416 g/mol. The number of halogens is 2. The monoisotopic (exact) mass is 415 g/mol. The molecule has 1 saturated heterocycles. The molecule has 0 spiro atoms. The van der Waals surface area contributed by atoms with Crippen LogP contribution in [0.1, 0.15) is 85.5 Å². The van der Waals surface area contributed by atoms with E-state index < -0.39 is 0 Å². The van der Waals surface area contributed by atoms with Gasteiger partial charge in [0.05, 0.1) is 0 Å². The predicted molar refractivity (Wildman–Crippen MR) is 115 cm³/mol. The summed E-state index contributed by atoms with van der Waals surface area (Å²) < 4.78 is 0. The Balaban J connectivity index is 1.50. The molecule has 5 nitrogen and oxygen atoms in total. The number of piperidine rings is 1. The Kier molecular flexibility index (Phi) is 8.57. The third-order valence-corrected chi connectivity index (χ3v) is 5.52. The van der Waals surface area contributed by atoms with Gasteiger partial charge < -0.3 is 10.6 Å². The van der Waals surface area contributed by atoms with Gasteiger partial charge in [-0.05, 0) is 76.1 Å². The zero-order valence-corrected chi connectivity index (χ0v) is 18.8. The molecule has 1 aliphatic heterocycles. The van der Waals surface area contributed by atoms with Crippen LogP contribution in [0.2, 0.25) is 10.6 Å². The number of aromatic nitrogens is 3. The largest absolute Gasteiger partial charge is 0.354 e. The molecule has 2 heterocycles. The molecule has 2 rings (SSSR count). The van der Waals surface area contributed by atoms with Crippen molar-refractivity contribution in [3.05, 3.63) is 10.6 Å². The van der Waals surface area contributed by atoms with E-state index in [-0.39, 0.29) is 21.6 Å². The molecule has 7 heteroatoms. The standard InChI is InChI=1S/C20H35Cl2N5/c1-19(2)13-15(14-20(3,4)27-19)11-9-7-5-6-8-10-12-23-18-25-16(21)24-17(22)26-18/h15,27H,5-14H2,1-4H3,(H,23,24,25,26). The van der Waals surface area contributed by atoms with Gasteiger partial charge >= 0.3 is 0 Å². The molecule has 0 bridgehead atoms. The van der Waals surface area contributed by atoms with E-state index in [2.05, 4.69) is 53.3 Å². The van der Waals surface area contributed by atoms with Crippen molar-refractivity contribution in [2.75, 3.05) is 11.9 Å². The van der Waals surface area contributed by atoms with Crippen LogP contribution in [-0.2, 0) is 0 Å². The van der Waals surface area contributed by atoms with Crippen LogP contribution < -0.4 is 10.6 Å². The second kappa shape index (κ2) is 10.2. The lowest BCUT2D eigenvalue weighted by Crippen LogP contribution is -2.57. The maximum absolute atomic E-state index is 5.76. The van der Waals surface area contributed by atoms with Crippen molar-refractivity contribution in [1.82, 2.24) is 20.3 Å². The molecule has 0 saturated carbocycles. The first-order valence-corrected chi connectivity index (χ1v) is 11.0. The summed E-state index contributed by atoms with van der Waals surface area (Å²) in [5, 5.41) is 7.17. The molecule has 1 aromatic heterocycles. The van der Waals surface area contributed by atoms with Gasteiger partial charge in [0.2, 0.25) is 16.5 Å². The molecule has 0 unspecified atom stereocenters. The molecule has 0 aliphatic carbocycles. The first-order chi connectivity index (χ1) is 12.7. The number of nitrogens with one attached hydrogen (secondary N) is 2. The number of nitrogens with zero attached hydrogens (tertiary/aromatic N) is 3. The van der Waals surface area contributed by atoms with Crippen LogP contribution in [-0.4, -0.2) is 32.6 Å². The van der Waals surface area contributed by atoms with Crippen LogP contribution in [0.4, 0.5) is 5.95 Å². The van der Waals surface area contributed by atoms with Crippen LogP contribution in [0.3, 0.4) is 0 Å². The van der Waals surface area contributed by atoms with E-state index in [4.69, 9.17) is 23.2 Å². The van der Waals surface area contributed by atoms with Gasteiger partial charge in [0.25, 0.3) is 0 Å². The second-order valence-electron chi connectivity index (χ2n) is 9.20. The van der Waals surface area contributed by atoms with E-state index >= 15 is 0 Å². The lowest BCUT2D eigenvalue weighted by Gasteiger charge is -2.46. The molecule has 0 radical (unpaired) electrons. The highest BCUT2D eigenvalue weighted by Crippen LogP contribution is 2.35. The van der Waals surface area contributed by atoms with Gasteiger partial charge in [-0.25, -0.2) is 0 Å². The summed E-state index contributed by atoms with van der Waals surface area (Å²) in [6.07, 6.45) is 11.6. The van der Waals surface area contributed by atoms with Gasteiger partial charge in [0.1, 0.15) is 0 Å². The molecule has 2 N–H and O–H groups in total. The summed E-state index contributed by atoms with van der Waals surface area (Å²) in [6.45, 7) is 10.2. The van der Waals surface area contributed by atoms with E-state index in [0.29, 0.717) is 5.95 Å². The van der Waals surface area contributed by atoms with Crippen molar-refractivity contribution in [3.63, 3.8) is 0 Å². The minimum Gasteiger partial charge on any atom is -0.354 e. The smallest absolute Gasteiger partial charge is 0.228 e. The lowest BCUT2D eigenvalue weighted by molar-refractivity contribution is 0.122.